The Balaban J connectivity index is 1.59. The second-order valence-electron chi connectivity index (χ2n) is 7.73. The molecule has 0 aliphatic heterocycles. The van der Waals surface area contributed by atoms with E-state index in [0.717, 1.165) is 39.7 Å². The van der Waals surface area contributed by atoms with Crippen LogP contribution in [0.3, 0.4) is 0 Å². The molecular weight excluding hydrogens is 433 g/mol. The van der Waals surface area contributed by atoms with Crippen LogP contribution in [0.15, 0.2) is 66.9 Å². The third-order valence-electron chi connectivity index (χ3n) is 5.33. The monoisotopic (exact) mass is 454 g/mol. The molecule has 1 heterocycles. The molecule has 1 aromatic heterocycles. The molecule has 0 saturated carbocycles. The molecule has 0 aliphatic rings. The number of carbonyl (C=O) groups is 1. The Hall–Kier alpha value is -3.81. The zero-order valence-electron chi connectivity index (χ0n) is 17.5. The van der Waals surface area contributed by atoms with E-state index in [1.807, 2.05) is 36.4 Å². The van der Waals surface area contributed by atoms with Crippen molar-refractivity contribution in [1.82, 2.24) is 10.2 Å². The Bertz CT molecular complexity index is 1260. The number of aromatic nitrogens is 2. The number of carboxylic acids is 1. The fraction of sp³-hybridized carbons (Fsp3) is 0.200. The van der Waals surface area contributed by atoms with Gasteiger partial charge in [0.1, 0.15) is 12.4 Å². The summed E-state index contributed by atoms with van der Waals surface area (Å²) < 4.78 is 44.4. The molecule has 2 N–H and O–H groups in total. The molecule has 0 atom stereocenters. The number of aryl methyl sites for hydroxylation is 1. The zero-order chi connectivity index (χ0) is 23.4. The van der Waals surface area contributed by atoms with Gasteiger partial charge in [-0.1, -0.05) is 24.3 Å². The Labute approximate surface area is 187 Å². The maximum atomic E-state index is 12.8. The topological polar surface area (TPSA) is 75.2 Å². The summed E-state index contributed by atoms with van der Waals surface area (Å²) in [4.78, 5) is 10.8. The highest BCUT2D eigenvalue weighted by molar-refractivity contribution is 5.85. The number of aromatic amines is 1. The van der Waals surface area contributed by atoms with Crippen LogP contribution in [0.25, 0.3) is 22.0 Å². The van der Waals surface area contributed by atoms with Gasteiger partial charge in [-0.2, -0.15) is 18.3 Å². The number of halogens is 3. The quantitative estimate of drug-likeness (QED) is 0.331. The van der Waals surface area contributed by atoms with Crippen LogP contribution < -0.4 is 4.74 Å². The van der Waals surface area contributed by atoms with E-state index in [4.69, 9.17) is 9.84 Å². The summed E-state index contributed by atoms with van der Waals surface area (Å²) in [5, 5.41) is 16.8. The standard InChI is InChI=1S/C25H21F3N2O3/c26-25(27,28)20-8-4-17(5-9-20)15-33-23-11-6-16(2-1-3-24(31)32)12-21(23)18-7-10-22-19(13-18)14-29-30-22/h4-14H,1-3,15H2,(H,29,30)(H,31,32). The van der Waals surface area contributed by atoms with Gasteiger partial charge in [-0.3, -0.25) is 9.89 Å². The lowest BCUT2D eigenvalue weighted by atomic mass is 9.98. The molecule has 5 nitrogen and oxygen atoms in total. The summed E-state index contributed by atoms with van der Waals surface area (Å²) in [6.07, 6.45) is -1.46. The van der Waals surface area contributed by atoms with Gasteiger partial charge in [0.05, 0.1) is 17.3 Å². The van der Waals surface area contributed by atoms with Gasteiger partial charge in [-0.25, -0.2) is 0 Å². The number of hydrogen-bond acceptors (Lipinski definition) is 3. The van der Waals surface area contributed by atoms with Crippen molar-refractivity contribution < 1.29 is 27.8 Å². The van der Waals surface area contributed by atoms with Crippen LogP contribution in [-0.4, -0.2) is 21.3 Å². The first-order chi connectivity index (χ1) is 15.8. The maximum Gasteiger partial charge on any atom is 0.416 e. The normalized spacial score (nSPS) is 11.6. The molecule has 170 valence electrons. The van der Waals surface area contributed by atoms with Gasteiger partial charge >= 0.3 is 12.1 Å². The molecule has 0 spiro atoms. The van der Waals surface area contributed by atoms with Crippen LogP contribution in [0, 0.1) is 0 Å². The largest absolute Gasteiger partial charge is 0.488 e. The van der Waals surface area contributed by atoms with Crippen molar-refractivity contribution in [3.8, 4) is 16.9 Å². The van der Waals surface area contributed by atoms with Crippen molar-refractivity contribution in [2.24, 2.45) is 0 Å². The Morgan fingerprint density at radius 2 is 1.76 bits per heavy atom. The summed E-state index contributed by atoms with van der Waals surface area (Å²) in [5.41, 5.74) is 3.49. The third kappa shape index (κ3) is 5.52. The highest BCUT2D eigenvalue weighted by Gasteiger charge is 2.29. The fourth-order valence-corrected chi connectivity index (χ4v) is 3.59. The molecule has 0 unspecified atom stereocenters. The van der Waals surface area contributed by atoms with Gasteiger partial charge in [0.15, 0.2) is 0 Å². The van der Waals surface area contributed by atoms with E-state index in [0.29, 0.717) is 24.2 Å². The third-order valence-corrected chi connectivity index (χ3v) is 5.33. The molecule has 0 amide bonds. The Morgan fingerprint density at radius 3 is 2.48 bits per heavy atom. The number of nitrogens with zero attached hydrogens (tertiary/aromatic N) is 1. The van der Waals surface area contributed by atoms with Crippen LogP contribution in [0.2, 0.25) is 0 Å². The summed E-state index contributed by atoms with van der Waals surface area (Å²) >= 11 is 0. The number of fused-ring (bicyclic) bond motifs is 1. The van der Waals surface area contributed by atoms with Crippen LogP contribution in [0.1, 0.15) is 29.5 Å². The van der Waals surface area contributed by atoms with Gasteiger partial charge in [-0.05, 0) is 65.9 Å². The minimum absolute atomic E-state index is 0.0858. The molecule has 0 aliphatic carbocycles. The number of alkyl halides is 3. The van der Waals surface area contributed by atoms with Crippen LogP contribution in [-0.2, 0) is 24.0 Å². The number of benzene rings is 3. The fourth-order valence-electron chi connectivity index (χ4n) is 3.59. The molecule has 4 rings (SSSR count). The molecule has 8 heteroatoms. The smallest absolute Gasteiger partial charge is 0.416 e. The minimum atomic E-state index is -4.38. The van der Waals surface area contributed by atoms with Gasteiger partial charge in [0.25, 0.3) is 0 Å². The van der Waals surface area contributed by atoms with E-state index in [1.54, 1.807) is 6.20 Å². The summed E-state index contributed by atoms with van der Waals surface area (Å²) in [6, 6.07) is 16.4. The van der Waals surface area contributed by atoms with E-state index in [1.165, 1.54) is 12.1 Å². The Kier molecular flexibility index (Phi) is 6.35. The highest BCUT2D eigenvalue weighted by Crippen LogP contribution is 2.34. The zero-order valence-corrected chi connectivity index (χ0v) is 17.5. The summed E-state index contributed by atoms with van der Waals surface area (Å²) in [6.45, 7) is 0.109. The van der Waals surface area contributed by atoms with Crippen molar-refractivity contribution >= 4 is 16.9 Å². The first-order valence-corrected chi connectivity index (χ1v) is 10.4. The van der Waals surface area contributed by atoms with Crippen LogP contribution in [0.5, 0.6) is 5.75 Å². The van der Waals surface area contributed by atoms with Crippen molar-refractivity contribution in [3.05, 3.63) is 83.6 Å². The lowest BCUT2D eigenvalue weighted by Gasteiger charge is -2.14. The second-order valence-corrected chi connectivity index (χ2v) is 7.73. The van der Waals surface area contributed by atoms with Crippen LogP contribution >= 0.6 is 0 Å². The number of H-pyrrole nitrogens is 1. The van der Waals surface area contributed by atoms with Gasteiger partial charge in [-0.15, -0.1) is 0 Å². The van der Waals surface area contributed by atoms with Gasteiger partial charge < -0.3 is 9.84 Å². The van der Waals surface area contributed by atoms with Gasteiger partial charge in [0, 0.05) is 17.4 Å². The minimum Gasteiger partial charge on any atom is -0.488 e. The number of rotatable bonds is 8. The average Bonchev–Trinajstić information content (AvgIpc) is 3.25. The van der Waals surface area contributed by atoms with Crippen molar-refractivity contribution in [2.75, 3.05) is 0 Å². The van der Waals surface area contributed by atoms with Crippen molar-refractivity contribution in [2.45, 2.75) is 32.0 Å². The van der Waals surface area contributed by atoms with E-state index in [2.05, 4.69) is 10.2 Å². The van der Waals surface area contributed by atoms with E-state index in [9.17, 15) is 18.0 Å². The molecule has 0 fully saturated rings. The number of carboxylic acid groups (broad SMARTS) is 1. The molecule has 0 radical (unpaired) electrons. The summed E-state index contributed by atoms with van der Waals surface area (Å²) in [7, 11) is 0. The molecule has 0 saturated heterocycles. The number of ether oxygens (including phenoxy) is 1. The molecule has 33 heavy (non-hydrogen) atoms. The first kappa shape index (κ1) is 22.4. The molecule has 0 bridgehead atoms. The average molecular weight is 454 g/mol. The predicted octanol–water partition coefficient (Wildman–Crippen LogP) is 6.24. The number of nitrogens with one attached hydrogen (secondary N) is 1. The molecular formula is C25H21F3N2O3. The van der Waals surface area contributed by atoms with Crippen molar-refractivity contribution in [1.29, 1.82) is 0 Å². The Morgan fingerprint density at radius 1 is 1.00 bits per heavy atom. The molecule has 4 aromatic rings. The van der Waals surface area contributed by atoms with E-state index < -0.39 is 17.7 Å². The predicted molar refractivity (Wildman–Crippen MR) is 118 cm³/mol. The lowest BCUT2D eigenvalue weighted by Crippen LogP contribution is -2.05. The SMILES string of the molecule is O=C(O)CCCc1ccc(OCc2ccc(C(F)(F)F)cc2)c(-c2ccc3[nH]ncc3c2)c1. The van der Waals surface area contributed by atoms with Gasteiger partial charge in [0.2, 0.25) is 0 Å². The van der Waals surface area contributed by atoms with E-state index >= 15 is 0 Å². The first-order valence-electron chi connectivity index (χ1n) is 10.4. The van der Waals surface area contributed by atoms with E-state index in [-0.39, 0.29) is 13.0 Å². The molecule has 3 aromatic carbocycles. The number of hydrogen-bond donors (Lipinski definition) is 2. The van der Waals surface area contributed by atoms with Crippen molar-refractivity contribution in [3.63, 3.8) is 0 Å². The van der Waals surface area contributed by atoms with Crippen LogP contribution in [0.4, 0.5) is 13.2 Å². The maximum absolute atomic E-state index is 12.8. The number of aliphatic carboxylic acids is 1. The highest BCUT2D eigenvalue weighted by atomic mass is 19.4. The summed E-state index contributed by atoms with van der Waals surface area (Å²) in [5.74, 6) is -0.253. The second kappa shape index (κ2) is 9.36. The lowest BCUT2D eigenvalue weighted by molar-refractivity contribution is -0.138.